The monoisotopic (exact) mass is 228 g/mol. The number of hydrogen-bond donors (Lipinski definition) is 3. The Morgan fingerprint density at radius 3 is 2.88 bits per heavy atom. The number of carbonyl (C=O) groups excluding carboxylic acids is 1. The molecular weight excluding hydrogens is 208 g/mol. The van der Waals surface area contributed by atoms with Crippen molar-refractivity contribution in [2.45, 2.75) is 37.3 Å². The highest BCUT2D eigenvalue weighted by atomic mass is 16.5. The van der Waals surface area contributed by atoms with Gasteiger partial charge in [-0.3, -0.25) is 4.79 Å². The molecule has 0 spiro atoms. The van der Waals surface area contributed by atoms with Gasteiger partial charge in [-0.1, -0.05) is 0 Å². The van der Waals surface area contributed by atoms with Crippen LogP contribution in [0.1, 0.15) is 25.7 Å². The number of morpholine rings is 1. The van der Waals surface area contributed by atoms with E-state index in [4.69, 9.17) is 4.74 Å². The van der Waals surface area contributed by atoms with Gasteiger partial charge in [0.05, 0.1) is 31.3 Å². The Kier molecular flexibility index (Phi) is 3.78. The Morgan fingerprint density at radius 1 is 1.56 bits per heavy atom. The normalized spacial score (nSPS) is 28.2. The van der Waals surface area contributed by atoms with Gasteiger partial charge >= 0.3 is 0 Å². The van der Waals surface area contributed by atoms with E-state index < -0.39 is 0 Å². The molecule has 0 aromatic carbocycles. The number of carbonyl (C=O) groups is 1. The molecule has 1 atom stereocenters. The number of nitrogens with one attached hydrogen (secondary N) is 2. The first-order valence-electron chi connectivity index (χ1n) is 5.98. The van der Waals surface area contributed by atoms with Gasteiger partial charge in [0.25, 0.3) is 0 Å². The lowest BCUT2D eigenvalue weighted by Gasteiger charge is -2.41. The number of ether oxygens (including phenoxy) is 1. The summed E-state index contributed by atoms with van der Waals surface area (Å²) in [5.74, 6) is -0.0116. The average molecular weight is 228 g/mol. The van der Waals surface area contributed by atoms with Crippen molar-refractivity contribution in [2.75, 3.05) is 26.3 Å². The maximum Gasteiger partial charge on any atom is 0.223 e. The number of aliphatic hydroxyl groups excluding tert-OH is 1. The minimum atomic E-state index is -0.334. The number of amides is 1. The summed E-state index contributed by atoms with van der Waals surface area (Å²) in [6.07, 6.45) is 3.22. The Hall–Kier alpha value is -0.650. The average Bonchev–Trinajstić information content (AvgIpc) is 2.25. The predicted octanol–water partition coefficient (Wildman–Crippen LogP) is -0.604. The van der Waals surface area contributed by atoms with Crippen LogP contribution in [0.3, 0.4) is 0 Å². The summed E-state index contributed by atoms with van der Waals surface area (Å²) >= 11 is 0. The van der Waals surface area contributed by atoms with Crippen molar-refractivity contribution in [1.82, 2.24) is 10.6 Å². The minimum absolute atomic E-state index is 0.0116. The summed E-state index contributed by atoms with van der Waals surface area (Å²) in [6, 6.07) is 0. The van der Waals surface area contributed by atoms with E-state index >= 15 is 0 Å². The fourth-order valence-electron chi connectivity index (χ4n) is 2.23. The van der Waals surface area contributed by atoms with Gasteiger partial charge in [0.2, 0.25) is 5.91 Å². The Bertz CT molecular complexity index is 242. The molecule has 0 aromatic rings. The highest BCUT2D eigenvalue weighted by molar-refractivity contribution is 5.77. The van der Waals surface area contributed by atoms with Crippen molar-refractivity contribution in [3.63, 3.8) is 0 Å². The maximum atomic E-state index is 11.7. The molecule has 3 N–H and O–H groups in total. The van der Waals surface area contributed by atoms with Gasteiger partial charge in [0, 0.05) is 13.1 Å². The predicted molar refractivity (Wildman–Crippen MR) is 59.0 cm³/mol. The van der Waals surface area contributed by atoms with Gasteiger partial charge in [0.15, 0.2) is 0 Å². The topological polar surface area (TPSA) is 70.6 Å². The zero-order valence-corrected chi connectivity index (χ0v) is 9.50. The van der Waals surface area contributed by atoms with Crippen LogP contribution in [0, 0.1) is 0 Å². The van der Waals surface area contributed by atoms with E-state index in [1.807, 2.05) is 0 Å². The molecule has 0 radical (unpaired) electrons. The van der Waals surface area contributed by atoms with Gasteiger partial charge in [-0.15, -0.1) is 0 Å². The third-order valence-electron chi connectivity index (χ3n) is 3.44. The molecule has 1 aliphatic heterocycles. The third kappa shape index (κ3) is 2.72. The van der Waals surface area contributed by atoms with E-state index in [-0.39, 0.29) is 24.2 Å². The van der Waals surface area contributed by atoms with E-state index in [2.05, 4.69) is 10.6 Å². The molecule has 1 unspecified atom stereocenters. The Labute approximate surface area is 95.5 Å². The van der Waals surface area contributed by atoms with Crippen molar-refractivity contribution in [2.24, 2.45) is 0 Å². The zero-order chi connectivity index (χ0) is 11.4. The standard InChI is InChI=1S/C11H20N2O3/c14-8-11(2-1-3-11)13-10(15)6-9-7-12-4-5-16-9/h9,12,14H,1-8H2,(H,13,15). The molecular formula is C11H20N2O3. The molecule has 2 fully saturated rings. The second kappa shape index (κ2) is 5.12. The highest BCUT2D eigenvalue weighted by Gasteiger charge is 2.37. The SMILES string of the molecule is O=C(CC1CNCCO1)NC1(CO)CCC1. The molecule has 0 bridgehead atoms. The van der Waals surface area contributed by atoms with Crippen LogP contribution in [0.15, 0.2) is 0 Å². The molecule has 1 heterocycles. The van der Waals surface area contributed by atoms with Crippen LogP contribution in [0.2, 0.25) is 0 Å². The van der Waals surface area contributed by atoms with E-state index in [0.29, 0.717) is 13.0 Å². The summed E-state index contributed by atoms with van der Waals surface area (Å²) in [5.41, 5.74) is -0.334. The molecule has 1 saturated carbocycles. The molecule has 2 rings (SSSR count). The van der Waals surface area contributed by atoms with E-state index in [1.165, 1.54) is 0 Å². The van der Waals surface area contributed by atoms with Crippen molar-refractivity contribution in [3.8, 4) is 0 Å². The van der Waals surface area contributed by atoms with Crippen LogP contribution >= 0.6 is 0 Å². The molecule has 5 heteroatoms. The largest absolute Gasteiger partial charge is 0.394 e. The van der Waals surface area contributed by atoms with Gasteiger partial charge in [-0.2, -0.15) is 0 Å². The molecule has 0 aromatic heterocycles. The molecule has 92 valence electrons. The fourth-order valence-corrected chi connectivity index (χ4v) is 2.23. The Balaban J connectivity index is 1.74. The molecule has 2 aliphatic rings. The first-order chi connectivity index (χ1) is 7.74. The summed E-state index contributed by atoms with van der Waals surface area (Å²) in [5, 5.41) is 15.4. The van der Waals surface area contributed by atoms with Crippen LogP contribution in [0.25, 0.3) is 0 Å². The van der Waals surface area contributed by atoms with Crippen LogP contribution in [0.5, 0.6) is 0 Å². The molecule has 1 aliphatic carbocycles. The van der Waals surface area contributed by atoms with Crippen molar-refractivity contribution in [1.29, 1.82) is 0 Å². The smallest absolute Gasteiger partial charge is 0.223 e. The van der Waals surface area contributed by atoms with Crippen molar-refractivity contribution < 1.29 is 14.6 Å². The molecule has 1 saturated heterocycles. The van der Waals surface area contributed by atoms with E-state index in [0.717, 1.165) is 32.4 Å². The van der Waals surface area contributed by atoms with Crippen LogP contribution in [-0.4, -0.2) is 49.0 Å². The van der Waals surface area contributed by atoms with Crippen LogP contribution < -0.4 is 10.6 Å². The molecule has 16 heavy (non-hydrogen) atoms. The summed E-state index contributed by atoms with van der Waals surface area (Å²) < 4.78 is 5.46. The second-order valence-corrected chi connectivity index (χ2v) is 4.74. The Morgan fingerprint density at radius 2 is 2.38 bits per heavy atom. The lowest BCUT2D eigenvalue weighted by Crippen LogP contribution is -2.57. The minimum Gasteiger partial charge on any atom is -0.394 e. The molecule has 1 amide bonds. The zero-order valence-electron chi connectivity index (χ0n) is 9.50. The summed E-state index contributed by atoms with van der Waals surface area (Å²) in [6.45, 7) is 2.31. The van der Waals surface area contributed by atoms with Gasteiger partial charge in [-0.25, -0.2) is 0 Å². The van der Waals surface area contributed by atoms with E-state index in [9.17, 15) is 9.90 Å². The van der Waals surface area contributed by atoms with Crippen LogP contribution in [-0.2, 0) is 9.53 Å². The number of hydrogen-bond acceptors (Lipinski definition) is 4. The lowest BCUT2D eigenvalue weighted by atomic mass is 9.77. The van der Waals surface area contributed by atoms with Gasteiger partial charge < -0.3 is 20.5 Å². The lowest BCUT2D eigenvalue weighted by molar-refractivity contribution is -0.128. The first-order valence-corrected chi connectivity index (χ1v) is 5.98. The van der Waals surface area contributed by atoms with Gasteiger partial charge in [0.1, 0.15) is 0 Å². The second-order valence-electron chi connectivity index (χ2n) is 4.74. The fraction of sp³-hybridized carbons (Fsp3) is 0.909. The van der Waals surface area contributed by atoms with Crippen molar-refractivity contribution in [3.05, 3.63) is 0 Å². The summed E-state index contributed by atoms with van der Waals surface area (Å²) in [7, 11) is 0. The first kappa shape index (κ1) is 11.8. The maximum absolute atomic E-state index is 11.7. The van der Waals surface area contributed by atoms with E-state index in [1.54, 1.807) is 0 Å². The van der Waals surface area contributed by atoms with Gasteiger partial charge in [-0.05, 0) is 19.3 Å². The highest BCUT2D eigenvalue weighted by Crippen LogP contribution is 2.31. The summed E-state index contributed by atoms with van der Waals surface area (Å²) in [4.78, 5) is 11.7. The number of rotatable bonds is 4. The van der Waals surface area contributed by atoms with Crippen LogP contribution in [0.4, 0.5) is 0 Å². The van der Waals surface area contributed by atoms with Crippen molar-refractivity contribution >= 4 is 5.91 Å². The quantitative estimate of drug-likeness (QED) is 0.601. The molecule has 5 nitrogen and oxygen atoms in total. The third-order valence-corrected chi connectivity index (χ3v) is 3.44. The number of aliphatic hydroxyl groups is 1.